The molecule has 0 saturated carbocycles. The van der Waals surface area contributed by atoms with E-state index in [0.29, 0.717) is 0 Å². The molecule has 0 aromatic rings. The van der Waals surface area contributed by atoms with Crippen molar-refractivity contribution in [3.63, 3.8) is 0 Å². The van der Waals surface area contributed by atoms with E-state index in [9.17, 15) is 13.6 Å². The largest absolute Gasteiger partial charge is 0.347 e. The summed E-state index contributed by atoms with van der Waals surface area (Å²) in [5.74, 6) is -3.05. The van der Waals surface area contributed by atoms with E-state index in [1.807, 2.05) is 0 Å². The summed E-state index contributed by atoms with van der Waals surface area (Å²) in [7, 11) is 0. The highest BCUT2D eigenvalue weighted by Gasteiger charge is 2.42. The van der Waals surface area contributed by atoms with Crippen LogP contribution in [0.3, 0.4) is 0 Å². The third-order valence-electron chi connectivity index (χ3n) is 1.34. The standard InChI is InChI=1S/C5H7F2NO/c1-5(6,7)3-2-4(9)8-3/h3H,2H2,1H3,(H,8,9)/t3-/m1/s1. The van der Waals surface area contributed by atoms with E-state index in [1.165, 1.54) is 0 Å². The molecule has 0 bridgehead atoms. The van der Waals surface area contributed by atoms with Crippen molar-refractivity contribution in [3.05, 3.63) is 0 Å². The number of hydrogen-bond acceptors (Lipinski definition) is 1. The van der Waals surface area contributed by atoms with Crippen LogP contribution in [0.4, 0.5) is 8.78 Å². The number of rotatable bonds is 1. The summed E-state index contributed by atoms with van der Waals surface area (Å²) in [4.78, 5) is 10.1. The fraction of sp³-hybridized carbons (Fsp3) is 0.800. The average molecular weight is 135 g/mol. The van der Waals surface area contributed by atoms with Gasteiger partial charge in [-0.2, -0.15) is 0 Å². The van der Waals surface area contributed by atoms with Crippen molar-refractivity contribution < 1.29 is 13.6 Å². The van der Waals surface area contributed by atoms with E-state index in [2.05, 4.69) is 5.32 Å². The van der Waals surface area contributed by atoms with Crippen LogP contribution in [0.5, 0.6) is 0 Å². The zero-order valence-corrected chi connectivity index (χ0v) is 4.95. The van der Waals surface area contributed by atoms with Crippen molar-refractivity contribution in [3.8, 4) is 0 Å². The van der Waals surface area contributed by atoms with Gasteiger partial charge in [0, 0.05) is 6.92 Å². The minimum absolute atomic E-state index is 0.0382. The summed E-state index contributed by atoms with van der Waals surface area (Å²) in [5, 5.41) is 2.09. The molecule has 2 nitrogen and oxygen atoms in total. The van der Waals surface area contributed by atoms with E-state index < -0.39 is 12.0 Å². The van der Waals surface area contributed by atoms with Crippen LogP contribution in [0.2, 0.25) is 0 Å². The average Bonchev–Trinajstić information content (AvgIpc) is 1.55. The Morgan fingerprint density at radius 2 is 2.22 bits per heavy atom. The zero-order chi connectivity index (χ0) is 7.07. The molecule has 0 aliphatic carbocycles. The first-order chi connectivity index (χ1) is 4.00. The van der Waals surface area contributed by atoms with Crippen LogP contribution in [0.25, 0.3) is 0 Å². The molecule has 1 amide bonds. The van der Waals surface area contributed by atoms with Crippen molar-refractivity contribution in [2.24, 2.45) is 0 Å². The third kappa shape index (κ3) is 1.17. The number of carbonyl (C=O) groups is 1. The van der Waals surface area contributed by atoms with Crippen molar-refractivity contribution in [1.82, 2.24) is 5.32 Å². The van der Waals surface area contributed by atoms with Crippen LogP contribution in [-0.4, -0.2) is 17.9 Å². The molecule has 0 unspecified atom stereocenters. The SMILES string of the molecule is CC(F)(F)[C@H]1CC(=O)N1. The lowest BCUT2D eigenvalue weighted by molar-refractivity contribution is -0.138. The van der Waals surface area contributed by atoms with Crippen LogP contribution in [0.15, 0.2) is 0 Å². The first-order valence-corrected chi connectivity index (χ1v) is 2.67. The Bertz CT molecular complexity index is 132. The molecule has 1 heterocycles. The number of hydrogen-bond donors (Lipinski definition) is 1. The Labute approximate surface area is 51.2 Å². The molecule has 1 saturated heterocycles. The molecule has 0 aromatic heterocycles. The summed E-state index contributed by atoms with van der Waals surface area (Å²) in [6, 6.07) is -0.926. The van der Waals surface area contributed by atoms with Crippen LogP contribution < -0.4 is 5.32 Å². The Kier molecular flexibility index (Phi) is 1.18. The van der Waals surface area contributed by atoms with E-state index in [4.69, 9.17) is 0 Å². The van der Waals surface area contributed by atoms with Gasteiger partial charge in [0.1, 0.15) is 6.04 Å². The lowest BCUT2D eigenvalue weighted by atomic mass is 10.0. The monoisotopic (exact) mass is 135 g/mol. The van der Waals surface area contributed by atoms with Crippen molar-refractivity contribution in [2.75, 3.05) is 0 Å². The van der Waals surface area contributed by atoms with Gasteiger partial charge in [-0.15, -0.1) is 0 Å². The molecule has 1 N–H and O–H groups in total. The van der Waals surface area contributed by atoms with Gasteiger partial charge in [0.05, 0.1) is 6.42 Å². The van der Waals surface area contributed by atoms with Crippen molar-refractivity contribution in [2.45, 2.75) is 25.3 Å². The highest BCUT2D eigenvalue weighted by molar-refractivity contribution is 5.83. The summed E-state index contributed by atoms with van der Waals surface area (Å²) < 4.78 is 24.3. The normalized spacial score (nSPS) is 27.0. The van der Waals surface area contributed by atoms with Crippen LogP contribution in [-0.2, 0) is 4.79 Å². The third-order valence-corrected chi connectivity index (χ3v) is 1.34. The fourth-order valence-electron chi connectivity index (χ4n) is 0.665. The van der Waals surface area contributed by atoms with Gasteiger partial charge >= 0.3 is 0 Å². The maximum absolute atomic E-state index is 12.1. The molecular weight excluding hydrogens is 128 g/mol. The molecule has 1 fully saturated rings. The van der Waals surface area contributed by atoms with E-state index in [0.717, 1.165) is 6.92 Å². The number of alkyl halides is 2. The second kappa shape index (κ2) is 1.65. The second-order valence-electron chi connectivity index (χ2n) is 2.28. The molecule has 0 aromatic carbocycles. The predicted octanol–water partition coefficient (Wildman–Crippen LogP) is 0.530. The molecule has 0 spiro atoms. The first kappa shape index (κ1) is 6.45. The summed E-state index contributed by atoms with van der Waals surface area (Å²) >= 11 is 0. The van der Waals surface area contributed by atoms with Crippen LogP contribution in [0, 0.1) is 0 Å². The molecule has 0 radical (unpaired) electrons. The zero-order valence-electron chi connectivity index (χ0n) is 4.95. The molecule has 9 heavy (non-hydrogen) atoms. The first-order valence-electron chi connectivity index (χ1n) is 2.67. The molecule has 1 aliphatic heterocycles. The molecular formula is C5H7F2NO. The lowest BCUT2D eigenvalue weighted by Gasteiger charge is -2.31. The van der Waals surface area contributed by atoms with Crippen LogP contribution in [0.1, 0.15) is 13.3 Å². The molecule has 1 atom stereocenters. The van der Waals surface area contributed by atoms with E-state index in [-0.39, 0.29) is 12.3 Å². The topological polar surface area (TPSA) is 29.1 Å². The highest BCUT2D eigenvalue weighted by atomic mass is 19.3. The van der Waals surface area contributed by atoms with E-state index in [1.54, 1.807) is 0 Å². The molecule has 4 heteroatoms. The number of β-lactam (4-membered cyclic amide) rings is 1. The van der Waals surface area contributed by atoms with E-state index >= 15 is 0 Å². The maximum atomic E-state index is 12.1. The smallest absolute Gasteiger partial charge is 0.265 e. The summed E-state index contributed by atoms with van der Waals surface area (Å²) in [5.41, 5.74) is 0. The van der Waals surface area contributed by atoms with Gasteiger partial charge in [-0.1, -0.05) is 0 Å². The minimum Gasteiger partial charge on any atom is -0.347 e. The van der Waals surface area contributed by atoms with Gasteiger partial charge in [0.25, 0.3) is 5.92 Å². The highest BCUT2D eigenvalue weighted by Crippen LogP contribution is 2.24. The molecule has 52 valence electrons. The Morgan fingerprint density at radius 3 is 2.33 bits per heavy atom. The number of amides is 1. The van der Waals surface area contributed by atoms with Gasteiger partial charge in [-0.05, 0) is 0 Å². The Balaban J connectivity index is 2.40. The summed E-state index contributed by atoms with van der Waals surface area (Å²) in [6.45, 7) is 0.803. The van der Waals surface area contributed by atoms with Crippen molar-refractivity contribution in [1.29, 1.82) is 0 Å². The number of halogens is 2. The predicted molar refractivity (Wildman–Crippen MR) is 27.2 cm³/mol. The molecule has 1 aliphatic rings. The van der Waals surface area contributed by atoms with Gasteiger partial charge in [-0.25, -0.2) is 8.78 Å². The molecule has 1 rings (SSSR count). The number of carbonyl (C=O) groups excluding carboxylic acids is 1. The number of nitrogens with one attached hydrogen (secondary N) is 1. The quantitative estimate of drug-likeness (QED) is 0.522. The van der Waals surface area contributed by atoms with Crippen molar-refractivity contribution >= 4 is 5.91 Å². The second-order valence-corrected chi connectivity index (χ2v) is 2.28. The Hall–Kier alpha value is -0.670. The van der Waals surface area contributed by atoms with Gasteiger partial charge < -0.3 is 5.32 Å². The van der Waals surface area contributed by atoms with Crippen LogP contribution >= 0.6 is 0 Å². The van der Waals surface area contributed by atoms with Gasteiger partial charge in [0.15, 0.2) is 0 Å². The van der Waals surface area contributed by atoms with Gasteiger partial charge in [0.2, 0.25) is 5.91 Å². The maximum Gasteiger partial charge on any atom is 0.265 e. The van der Waals surface area contributed by atoms with Gasteiger partial charge in [-0.3, -0.25) is 4.79 Å². The fourth-order valence-corrected chi connectivity index (χ4v) is 0.665. The summed E-state index contributed by atoms with van der Waals surface area (Å²) in [6.07, 6.45) is -0.0382. The minimum atomic E-state index is -2.76. The Morgan fingerprint density at radius 1 is 1.78 bits per heavy atom. The lowest BCUT2D eigenvalue weighted by Crippen LogP contribution is -2.57.